The van der Waals surface area contributed by atoms with Crippen LogP contribution in [0.5, 0.6) is 0 Å². The zero-order valence-corrected chi connectivity index (χ0v) is 12.9. The first-order valence-corrected chi connectivity index (χ1v) is 7.37. The largest absolute Gasteiger partial charge is 0.399 e. The SMILES string of the molecule is CNC(=O)C1CCCN(C(=O)c2cc(N)cc(Br)c2)C1. The Balaban J connectivity index is 2.14. The van der Waals surface area contributed by atoms with Gasteiger partial charge in [-0.25, -0.2) is 0 Å². The van der Waals surface area contributed by atoms with Crippen LogP contribution >= 0.6 is 15.9 Å². The molecule has 6 heteroatoms. The highest BCUT2D eigenvalue weighted by Crippen LogP contribution is 2.22. The number of benzene rings is 1. The number of nitrogens with one attached hydrogen (secondary N) is 1. The molecule has 2 rings (SSSR count). The van der Waals surface area contributed by atoms with Crippen LogP contribution in [0.2, 0.25) is 0 Å². The van der Waals surface area contributed by atoms with Crippen LogP contribution in [0.4, 0.5) is 5.69 Å². The molecule has 108 valence electrons. The van der Waals surface area contributed by atoms with Crippen LogP contribution in [0.1, 0.15) is 23.2 Å². The summed E-state index contributed by atoms with van der Waals surface area (Å²) in [5, 5.41) is 2.65. The van der Waals surface area contributed by atoms with Crippen LogP contribution in [0.3, 0.4) is 0 Å². The Morgan fingerprint density at radius 2 is 2.15 bits per heavy atom. The minimum atomic E-state index is -0.123. The molecule has 1 fully saturated rings. The van der Waals surface area contributed by atoms with Gasteiger partial charge in [-0.05, 0) is 31.0 Å². The quantitative estimate of drug-likeness (QED) is 0.804. The molecule has 0 saturated carbocycles. The summed E-state index contributed by atoms with van der Waals surface area (Å²) in [6.45, 7) is 1.14. The number of carbonyl (C=O) groups is 2. The van der Waals surface area contributed by atoms with E-state index in [1.165, 1.54) is 0 Å². The van der Waals surface area contributed by atoms with Gasteiger partial charge in [-0.2, -0.15) is 0 Å². The standard InChI is InChI=1S/C14H18BrN3O2/c1-17-13(19)9-3-2-4-18(8-9)14(20)10-5-11(15)7-12(16)6-10/h5-7,9H,2-4,8,16H2,1H3,(H,17,19). The number of anilines is 1. The van der Waals surface area contributed by atoms with Gasteiger partial charge in [-0.1, -0.05) is 15.9 Å². The van der Waals surface area contributed by atoms with Gasteiger partial charge >= 0.3 is 0 Å². The van der Waals surface area contributed by atoms with Crippen molar-refractivity contribution in [2.75, 3.05) is 25.9 Å². The number of amides is 2. The zero-order chi connectivity index (χ0) is 14.7. The van der Waals surface area contributed by atoms with Gasteiger partial charge in [0.25, 0.3) is 5.91 Å². The highest BCUT2D eigenvalue weighted by molar-refractivity contribution is 9.10. The first-order valence-electron chi connectivity index (χ1n) is 6.58. The van der Waals surface area contributed by atoms with Gasteiger partial charge in [0.1, 0.15) is 0 Å². The van der Waals surface area contributed by atoms with Gasteiger partial charge in [0.15, 0.2) is 0 Å². The van der Waals surface area contributed by atoms with Crippen LogP contribution in [0.15, 0.2) is 22.7 Å². The van der Waals surface area contributed by atoms with Crippen molar-refractivity contribution in [3.63, 3.8) is 0 Å². The maximum atomic E-state index is 12.5. The highest BCUT2D eigenvalue weighted by Gasteiger charge is 2.28. The zero-order valence-electron chi connectivity index (χ0n) is 11.4. The minimum absolute atomic E-state index is 0.00347. The Bertz CT molecular complexity index is 513. The number of carbonyl (C=O) groups excluding carboxylic acids is 2. The van der Waals surface area contributed by atoms with Gasteiger partial charge in [0.2, 0.25) is 5.91 Å². The van der Waals surface area contributed by atoms with Crippen molar-refractivity contribution in [3.05, 3.63) is 28.2 Å². The molecule has 1 atom stereocenters. The number of likely N-dealkylation sites (tertiary alicyclic amines) is 1. The fourth-order valence-corrected chi connectivity index (χ4v) is 3.01. The van der Waals surface area contributed by atoms with E-state index in [2.05, 4.69) is 21.2 Å². The maximum absolute atomic E-state index is 12.5. The molecular formula is C14H18BrN3O2. The number of nitrogen functional groups attached to an aromatic ring is 1. The average molecular weight is 340 g/mol. The number of nitrogens with two attached hydrogens (primary N) is 1. The van der Waals surface area contributed by atoms with Crippen LogP contribution in [-0.2, 0) is 4.79 Å². The summed E-state index contributed by atoms with van der Waals surface area (Å²) in [7, 11) is 1.62. The Morgan fingerprint density at radius 3 is 2.80 bits per heavy atom. The van der Waals surface area contributed by atoms with Crippen molar-refractivity contribution in [2.45, 2.75) is 12.8 Å². The molecule has 20 heavy (non-hydrogen) atoms. The molecule has 0 bridgehead atoms. The van der Waals surface area contributed by atoms with E-state index in [1.54, 1.807) is 30.1 Å². The van der Waals surface area contributed by atoms with Crippen molar-refractivity contribution in [1.82, 2.24) is 10.2 Å². The second kappa shape index (κ2) is 6.26. The third-order valence-corrected chi connectivity index (χ3v) is 3.95. The van der Waals surface area contributed by atoms with Gasteiger partial charge in [0, 0.05) is 35.9 Å². The summed E-state index contributed by atoms with van der Waals surface area (Å²) in [5.41, 5.74) is 6.85. The Hall–Kier alpha value is -1.56. The lowest BCUT2D eigenvalue weighted by Crippen LogP contribution is -2.44. The van der Waals surface area contributed by atoms with Gasteiger partial charge < -0.3 is 16.0 Å². The fourth-order valence-electron chi connectivity index (χ4n) is 2.50. The minimum Gasteiger partial charge on any atom is -0.399 e. The van der Waals surface area contributed by atoms with Crippen molar-refractivity contribution in [2.24, 2.45) is 5.92 Å². The van der Waals surface area contributed by atoms with E-state index in [1.807, 2.05) is 0 Å². The summed E-state index contributed by atoms with van der Waals surface area (Å²) in [6.07, 6.45) is 1.66. The summed E-state index contributed by atoms with van der Waals surface area (Å²) in [4.78, 5) is 25.9. The summed E-state index contributed by atoms with van der Waals surface area (Å²) >= 11 is 3.34. The van der Waals surface area contributed by atoms with Crippen molar-refractivity contribution < 1.29 is 9.59 Å². The molecule has 1 aliphatic heterocycles. The molecule has 0 aromatic heterocycles. The molecule has 1 unspecified atom stereocenters. The molecule has 2 amide bonds. The second-order valence-corrected chi connectivity index (χ2v) is 5.89. The number of hydrogen-bond donors (Lipinski definition) is 2. The summed E-state index contributed by atoms with van der Waals surface area (Å²) in [5.74, 6) is -0.204. The average Bonchev–Trinajstić information content (AvgIpc) is 2.44. The molecule has 0 radical (unpaired) electrons. The lowest BCUT2D eigenvalue weighted by atomic mass is 9.96. The molecular weight excluding hydrogens is 322 g/mol. The van der Waals surface area contributed by atoms with Crippen molar-refractivity contribution in [1.29, 1.82) is 0 Å². The summed E-state index contributed by atoms with van der Waals surface area (Å²) in [6, 6.07) is 5.17. The molecule has 5 nitrogen and oxygen atoms in total. The maximum Gasteiger partial charge on any atom is 0.253 e. The van der Waals surface area contributed by atoms with Gasteiger partial charge in [0.05, 0.1) is 5.92 Å². The van der Waals surface area contributed by atoms with Crippen LogP contribution in [0.25, 0.3) is 0 Å². The van der Waals surface area contributed by atoms with E-state index in [4.69, 9.17) is 5.73 Å². The Morgan fingerprint density at radius 1 is 1.40 bits per heavy atom. The first kappa shape index (κ1) is 14.8. The predicted molar refractivity (Wildman–Crippen MR) is 81.2 cm³/mol. The predicted octanol–water partition coefficient (Wildman–Crippen LogP) is 1.63. The van der Waals surface area contributed by atoms with E-state index in [9.17, 15) is 9.59 Å². The Labute approximate surface area is 126 Å². The number of hydrogen-bond acceptors (Lipinski definition) is 3. The third kappa shape index (κ3) is 3.30. The molecule has 1 heterocycles. The monoisotopic (exact) mass is 339 g/mol. The number of piperidine rings is 1. The van der Waals surface area contributed by atoms with E-state index in [0.717, 1.165) is 17.3 Å². The second-order valence-electron chi connectivity index (χ2n) is 4.98. The smallest absolute Gasteiger partial charge is 0.253 e. The lowest BCUT2D eigenvalue weighted by Gasteiger charge is -2.32. The number of rotatable bonds is 2. The first-order chi connectivity index (χ1) is 9.51. The third-order valence-electron chi connectivity index (χ3n) is 3.49. The van der Waals surface area contributed by atoms with Crippen LogP contribution in [-0.4, -0.2) is 36.9 Å². The fraction of sp³-hybridized carbons (Fsp3) is 0.429. The summed E-state index contributed by atoms with van der Waals surface area (Å²) < 4.78 is 0.778. The van der Waals surface area contributed by atoms with E-state index in [0.29, 0.717) is 24.3 Å². The molecule has 1 aromatic rings. The topological polar surface area (TPSA) is 75.4 Å². The van der Waals surface area contributed by atoms with E-state index in [-0.39, 0.29) is 17.7 Å². The molecule has 0 spiro atoms. The normalized spacial score (nSPS) is 18.7. The molecule has 1 aromatic carbocycles. The van der Waals surface area contributed by atoms with Gasteiger partial charge in [-0.3, -0.25) is 9.59 Å². The molecule has 1 aliphatic rings. The number of nitrogens with zero attached hydrogens (tertiary/aromatic N) is 1. The van der Waals surface area contributed by atoms with Crippen molar-refractivity contribution in [3.8, 4) is 0 Å². The van der Waals surface area contributed by atoms with Crippen molar-refractivity contribution >= 4 is 33.4 Å². The molecule has 0 aliphatic carbocycles. The highest BCUT2D eigenvalue weighted by atomic mass is 79.9. The molecule has 3 N–H and O–H groups in total. The van der Waals surface area contributed by atoms with Gasteiger partial charge in [-0.15, -0.1) is 0 Å². The van der Waals surface area contributed by atoms with Crippen LogP contribution in [0, 0.1) is 5.92 Å². The number of halogens is 1. The van der Waals surface area contributed by atoms with E-state index < -0.39 is 0 Å². The molecule has 1 saturated heterocycles. The Kier molecular flexibility index (Phi) is 4.65. The van der Waals surface area contributed by atoms with E-state index >= 15 is 0 Å². The lowest BCUT2D eigenvalue weighted by molar-refractivity contribution is -0.125. The van der Waals surface area contributed by atoms with Crippen LogP contribution < -0.4 is 11.1 Å².